The molecule has 0 heterocycles. The highest BCUT2D eigenvalue weighted by atomic mass is 16.2. The Morgan fingerprint density at radius 1 is 1.32 bits per heavy atom. The molecule has 114 valence electrons. The maximum atomic E-state index is 12.0. The second-order valence-corrected chi connectivity index (χ2v) is 6.34. The van der Waals surface area contributed by atoms with Crippen LogP contribution in [0.2, 0.25) is 0 Å². The van der Waals surface area contributed by atoms with Crippen LogP contribution in [-0.2, 0) is 4.79 Å². The van der Waals surface area contributed by atoms with E-state index < -0.39 is 0 Å². The molecule has 0 aliphatic rings. The Hall–Kier alpha value is -0.610. The van der Waals surface area contributed by atoms with E-state index in [4.69, 9.17) is 5.73 Å². The van der Waals surface area contributed by atoms with E-state index in [0.29, 0.717) is 13.1 Å². The van der Waals surface area contributed by atoms with Gasteiger partial charge in [0.25, 0.3) is 0 Å². The highest BCUT2D eigenvalue weighted by Gasteiger charge is 2.21. The van der Waals surface area contributed by atoms with E-state index >= 15 is 0 Å². The zero-order valence-corrected chi connectivity index (χ0v) is 13.5. The average Bonchev–Trinajstić information content (AvgIpc) is 2.28. The van der Waals surface area contributed by atoms with Crippen LogP contribution >= 0.6 is 0 Å². The van der Waals surface area contributed by atoms with E-state index in [0.717, 1.165) is 32.4 Å². The summed E-state index contributed by atoms with van der Waals surface area (Å²) in [6, 6.07) is 0.267. The van der Waals surface area contributed by atoms with Crippen molar-refractivity contribution in [3.63, 3.8) is 0 Å². The van der Waals surface area contributed by atoms with Crippen molar-refractivity contribution in [2.24, 2.45) is 11.1 Å². The topological polar surface area (TPSA) is 58.4 Å². The lowest BCUT2D eigenvalue weighted by Gasteiger charge is -2.31. The van der Waals surface area contributed by atoms with Crippen LogP contribution in [0.15, 0.2) is 0 Å². The van der Waals surface area contributed by atoms with E-state index in [1.165, 1.54) is 0 Å². The number of rotatable bonds is 10. The molecular formula is C15H33N3O. The maximum absolute atomic E-state index is 12.0. The van der Waals surface area contributed by atoms with Crippen LogP contribution in [0, 0.1) is 5.41 Å². The lowest BCUT2D eigenvalue weighted by Crippen LogP contribution is -2.45. The summed E-state index contributed by atoms with van der Waals surface area (Å²) in [6.45, 7) is 13.6. The Bertz CT molecular complexity index is 254. The van der Waals surface area contributed by atoms with Gasteiger partial charge in [-0.1, -0.05) is 34.1 Å². The minimum atomic E-state index is 0.0600. The van der Waals surface area contributed by atoms with E-state index in [2.05, 4.69) is 44.8 Å². The van der Waals surface area contributed by atoms with Crippen LogP contribution in [-0.4, -0.2) is 43.0 Å². The Labute approximate surface area is 119 Å². The predicted molar refractivity (Wildman–Crippen MR) is 82.1 cm³/mol. The second-order valence-electron chi connectivity index (χ2n) is 6.34. The molecule has 1 atom stereocenters. The first-order valence-electron chi connectivity index (χ1n) is 7.56. The van der Waals surface area contributed by atoms with Crippen molar-refractivity contribution in [3.8, 4) is 0 Å². The minimum Gasteiger partial charge on any atom is -0.353 e. The molecule has 0 fully saturated rings. The van der Waals surface area contributed by atoms with Crippen molar-refractivity contribution in [1.82, 2.24) is 10.2 Å². The summed E-state index contributed by atoms with van der Waals surface area (Å²) in [5.74, 6) is 0.127. The molecule has 4 nitrogen and oxygen atoms in total. The van der Waals surface area contributed by atoms with Crippen LogP contribution in [0.3, 0.4) is 0 Å². The molecule has 4 heteroatoms. The molecule has 0 aromatic carbocycles. The SMILES string of the molecule is CCCC(C)NC(=O)CN(CCC)CC(C)(C)CN. The number of hydrogen-bond donors (Lipinski definition) is 2. The van der Waals surface area contributed by atoms with E-state index in [9.17, 15) is 4.79 Å². The van der Waals surface area contributed by atoms with Crippen LogP contribution in [0.5, 0.6) is 0 Å². The number of amides is 1. The van der Waals surface area contributed by atoms with Gasteiger partial charge in [-0.05, 0) is 38.3 Å². The van der Waals surface area contributed by atoms with Gasteiger partial charge in [-0.25, -0.2) is 0 Å². The zero-order valence-electron chi connectivity index (χ0n) is 13.5. The van der Waals surface area contributed by atoms with Gasteiger partial charge in [0.15, 0.2) is 0 Å². The molecule has 0 radical (unpaired) electrons. The molecule has 0 bridgehead atoms. The number of carbonyl (C=O) groups excluding carboxylic acids is 1. The minimum absolute atomic E-state index is 0.0600. The lowest BCUT2D eigenvalue weighted by atomic mass is 9.93. The maximum Gasteiger partial charge on any atom is 0.234 e. The van der Waals surface area contributed by atoms with Gasteiger partial charge in [0.2, 0.25) is 5.91 Å². The largest absolute Gasteiger partial charge is 0.353 e. The fourth-order valence-corrected chi connectivity index (χ4v) is 2.23. The molecule has 0 rings (SSSR count). The second kappa shape index (κ2) is 9.32. The Morgan fingerprint density at radius 3 is 2.42 bits per heavy atom. The normalized spacial score (nSPS) is 13.6. The van der Waals surface area contributed by atoms with Crippen LogP contribution < -0.4 is 11.1 Å². The number of nitrogens with zero attached hydrogens (tertiary/aromatic N) is 1. The Kier molecular flexibility index (Phi) is 9.02. The molecule has 0 aromatic heterocycles. The number of nitrogens with two attached hydrogens (primary N) is 1. The van der Waals surface area contributed by atoms with Crippen molar-refractivity contribution < 1.29 is 4.79 Å². The first-order chi connectivity index (χ1) is 8.84. The van der Waals surface area contributed by atoms with Crippen molar-refractivity contribution in [2.45, 2.75) is 59.9 Å². The van der Waals surface area contributed by atoms with Gasteiger partial charge in [0.1, 0.15) is 0 Å². The Balaban J connectivity index is 4.29. The summed E-state index contributed by atoms with van der Waals surface area (Å²) in [4.78, 5) is 14.2. The van der Waals surface area contributed by atoms with Gasteiger partial charge in [-0.15, -0.1) is 0 Å². The third kappa shape index (κ3) is 9.00. The van der Waals surface area contributed by atoms with Gasteiger partial charge in [0.05, 0.1) is 6.54 Å². The van der Waals surface area contributed by atoms with Gasteiger partial charge in [-0.3, -0.25) is 9.69 Å². The molecule has 19 heavy (non-hydrogen) atoms. The van der Waals surface area contributed by atoms with Crippen LogP contribution in [0.25, 0.3) is 0 Å². The monoisotopic (exact) mass is 271 g/mol. The summed E-state index contributed by atoms with van der Waals surface area (Å²) in [6.07, 6.45) is 3.19. The van der Waals surface area contributed by atoms with E-state index in [-0.39, 0.29) is 17.4 Å². The number of carbonyl (C=O) groups is 1. The summed E-state index contributed by atoms with van der Waals surface area (Å²) in [5.41, 5.74) is 5.83. The first-order valence-corrected chi connectivity index (χ1v) is 7.56. The lowest BCUT2D eigenvalue weighted by molar-refractivity contribution is -0.123. The van der Waals surface area contributed by atoms with Crippen molar-refractivity contribution >= 4 is 5.91 Å². The molecule has 0 aromatic rings. The average molecular weight is 271 g/mol. The first kappa shape index (κ1) is 18.4. The van der Waals surface area contributed by atoms with Crippen molar-refractivity contribution in [1.29, 1.82) is 0 Å². The zero-order chi connectivity index (χ0) is 14.9. The third-order valence-electron chi connectivity index (χ3n) is 3.24. The molecule has 0 aliphatic carbocycles. The number of nitrogens with one attached hydrogen (secondary N) is 1. The van der Waals surface area contributed by atoms with Crippen molar-refractivity contribution in [2.75, 3.05) is 26.2 Å². The Morgan fingerprint density at radius 2 is 1.95 bits per heavy atom. The molecule has 1 unspecified atom stereocenters. The van der Waals surface area contributed by atoms with Gasteiger partial charge < -0.3 is 11.1 Å². The summed E-state index contributed by atoms with van der Waals surface area (Å²) >= 11 is 0. The molecule has 0 saturated heterocycles. The standard InChI is InChI=1S/C15H33N3O/c1-6-8-13(3)17-14(19)10-18(9-7-2)12-15(4,5)11-16/h13H,6-12,16H2,1-5H3,(H,17,19). The molecule has 3 N–H and O–H groups in total. The summed E-state index contributed by atoms with van der Waals surface area (Å²) in [7, 11) is 0. The molecule has 0 spiro atoms. The van der Waals surface area contributed by atoms with E-state index in [1.54, 1.807) is 0 Å². The summed E-state index contributed by atoms with van der Waals surface area (Å²) in [5, 5.41) is 3.06. The molecule has 1 amide bonds. The van der Waals surface area contributed by atoms with Gasteiger partial charge >= 0.3 is 0 Å². The molecule has 0 aliphatic heterocycles. The summed E-state index contributed by atoms with van der Waals surface area (Å²) < 4.78 is 0. The van der Waals surface area contributed by atoms with Crippen LogP contribution in [0.4, 0.5) is 0 Å². The van der Waals surface area contributed by atoms with Crippen molar-refractivity contribution in [3.05, 3.63) is 0 Å². The van der Waals surface area contributed by atoms with Gasteiger partial charge in [-0.2, -0.15) is 0 Å². The van der Waals surface area contributed by atoms with E-state index in [1.807, 2.05) is 0 Å². The number of hydrogen-bond acceptors (Lipinski definition) is 3. The van der Waals surface area contributed by atoms with Crippen LogP contribution in [0.1, 0.15) is 53.9 Å². The highest BCUT2D eigenvalue weighted by molar-refractivity contribution is 5.78. The molecular weight excluding hydrogens is 238 g/mol. The highest BCUT2D eigenvalue weighted by Crippen LogP contribution is 2.14. The molecule has 0 saturated carbocycles. The van der Waals surface area contributed by atoms with Gasteiger partial charge in [0, 0.05) is 12.6 Å². The quantitative estimate of drug-likeness (QED) is 0.639. The third-order valence-corrected chi connectivity index (χ3v) is 3.24. The predicted octanol–water partition coefficient (Wildman–Crippen LogP) is 1.99. The fourth-order valence-electron chi connectivity index (χ4n) is 2.23. The fraction of sp³-hybridized carbons (Fsp3) is 0.933. The smallest absolute Gasteiger partial charge is 0.234 e.